The molecule has 0 aliphatic carbocycles. The van der Waals surface area contributed by atoms with E-state index in [0.29, 0.717) is 24.5 Å². The zero-order valence-corrected chi connectivity index (χ0v) is 15.4. The van der Waals surface area contributed by atoms with Crippen molar-refractivity contribution < 1.29 is 14.3 Å². The molecular weight excluding hydrogens is 328 g/mol. The second kappa shape index (κ2) is 7.60. The van der Waals surface area contributed by atoms with E-state index in [-0.39, 0.29) is 17.7 Å². The Labute approximate surface area is 154 Å². The number of hydrogen-bond donors (Lipinski definition) is 1. The van der Waals surface area contributed by atoms with Crippen molar-refractivity contribution in [2.24, 2.45) is 5.92 Å². The van der Waals surface area contributed by atoms with Gasteiger partial charge >= 0.3 is 0 Å². The number of anilines is 1. The molecule has 1 atom stereocenters. The molecule has 0 spiro atoms. The molecule has 26 heavy (non-hydrogen) atoms. The monoisotopic (exact) mass is 352 g/mol. The second-order valence-corrected chi connectivity index (χ2v) is 6.87. The van der Waals surface area contributed by atoms with E-state index < -0.39 is 6.04 Å². The van der Waals surface area contributed by atoms with Crippen molar-refractivity contribution in [3.05, 3.63) is 59.7 Å². The fraction of sp³-hybridized carbons (Fsp3) is 0.333. The molecule has 5 heteroatoms. The predicted octanol–water partition coefficient (Wildman–Crippen LogP) is 3.18. The lowest BCUT2D eigenvalue weighted by molar-refractivity contribution is -0.121. The van der Waals surface area contributed by atoms with Crippen LogP contribution in [0.25, 0.3) is 0 Å². The number of rotatable bonds is 4. The minimum atomic E-state index is -0.603. The smallest absolute Gasteiger partial charge is 0.251 e. The maximum atomic E-state index is 13.2. The van der Waals surface area contributed by atoms with Gasteiger partial charge < -0.3 is 15.0 Å². The van der Waals surface area contributed by atoms with Gasteiger partial charge in [-0.05, 0) is 37.1 Å². The van der Waals surface area contributed by atoms with Crippen LogP contribution < -0.4 is 15.0 Å². The summed E-state index contributed by atoms with van der Waals surface area (Å²) in [5, 5.41) is 2.92. The quantitative estimate of drug-likeness (QED) is 0.919. The average molecular weight is 352 g/mol. The molecule has 3 rings (SSSR count). The van der Waals surface area contributed by atoms with Crippen LogP contribution in [0, 0.1) is 12.8 Å². The molecule has 2 amide bonds. The number of carbonyl (C=O) groups is 2. The summed E-state index contributed by atoms with van der Waals surface area (Å²) in [6, 6.07) is 14.2. The fourth-order valence-electron chi connectivity index (χ4n) is 3.09. The van der Waals surface area contributed by atoms with Gasteiger partial charge in [0, 0.05) is 5.56 Å². The Hall–Kier alpha value is -2.82. The van der Waals surface area contributed by atoms with Crippen LogP contribution in [0.3, 0.4) is 0 Å². The topological polar surface area (TPSA) is 58.6 Å². The number of aryl methyl sites for hydroxylation is 1. The third-order valence-corrected chi connectivity index (χ3v) is 4.49. The minimum absolute atomic E-state index is 0.0359. The van der Waals surface area contributed by atoms with Crippen LogP contribution in [0.1, 0.15) is 29.8 Å². The molecule has 0 unspecified atom stereocenters. The van der Waals surface area contributed by atoms with Crippen LogP contribution >= 0.6 is 0 Å². The third-order valence-electron chi connectivity index (χ3n) is 4.49. The van der Waals surface area contributed by atoms with Gasteiger partial charge in [0.25, 0.3) is 5.91 Å². The highest BCUT2D eigenvalue weighted by Crippen LogP contribution is 2.31. The zero-order chi connectivity index (χ0) is 18.7. The van der Waals surface area contributed by atoms with E-state index in [1.807, 2.05) is 63.2 Å². The van der Waals surface area contributed by atoms with Crippen molar-refractivity contribution in [3.63, 3.8) is 0 Å². The summed E-state index contributed by atoms with van der Waals surface area (Å²) in [6.45, 7) is 6.72. The van der Waals surface area contributed by atoms with Crippen molar-refractivity contribution in [1.82, 2.24) is 5.32 Å². The van der Waals surface area contributed by atoms with E-state index in [0.717, 1.165) is 11.3 Å². The van der Waals surface area contributed by atoms with Gasteiger partial charge in [-0.15, -0.1) is 0 Å². The lowest BCUT2D eigenvalue weighted by atomic mass is 10.0. The third kappa shape index (κ3) is 3.72. The Morgan fingerprint density at radius 2 is 1.88 bits per heavy atom. The molecule has 2 aromatic rings. The number of amides is 2. The van der Waals surface area contributed by atoms with Gasteiger partial charge in [0.1, 0.15) is 18.4 Å². The van der Waals surface area contributed by atoms with Crippen LogP contribution in [-0.2, 0) is 4.79 Å². The lowest BCUT2D eigenvalue weighted by Crippen LogP contribution is -2.53. The first-order chi connectivity index (χ1) is 12.5. The molecule has 1 N–H and O–H groups in total. The van der Waals surface area contributed by atoms with Gasteiger partial charge in [0.05, 0.1) is 12.2 Å². The summed E-state index contributed by atoms with van der Waals surface area (Å²) in [4.78, 5) is 27.5. The van der Waals surface area contributed by atoms with Gasteiger partial charge in [-0.1, -0.05) is 43.7 Å². The normalized spacial score (nSPS) is 14.4. The highest BCUT2D eigenvalue weighted by Gasteiger charge is 2.32. The van der Waals surface area contributed by atoms with Gasteiger partial charge in [0.15, 0.2) is 0 Å². The fourth-order valence-corrected chi connectivity index (χ4v) is 3.09. The molecule has 1 aliphatic rings. The molecule has 0 saturated carbocycles. The Bertz CT molecular complexity index is 816. The lowest BCUT2D eigenvalue weighted by Gasteiger charge is -2.33. The first kappa shape index (κ1) is 18.0. The molecule has 0 aromatic heterocycles. The first-order valence-electron chi connectivity index (χ1n) is 8.88. The van der Waals surface area contributed by atoms with Gasteiger partial charge in [0.2, 0.25) is 5.91 Å². The molecule has 1 heterocycles. The SMILES string of the molecule is Cc1cccc(C(=O)N[C@@H](C(=O)N2CCOc3ccccc32)C(C)C)c1. The van der Waals surface area contributed by atoms with Crippen molar-refractivity contribution in [1.29, 1.82) is 0 Å². The number of ether oxygens (including phenoxy) is 1. The predicted molar refractivity (Wildman–Crippen MR) is 102 cm³/mol. The number of carbonyl (C=O) groups excluding carboxylic acids is 2. The van der Waals surface area contributed by atoms with Gasteiger partial charge in [-0.2, -0.15) is 0 Å². The molecule has 5 nitrogen and oxygen atoms in total. The first-order valence-corrected chi connectivity index (χ1v) is 8.88. The Kier molecular flexibility index (Phi) is 5.26. The summed E-state index contributed by atoms with van der Waals surface area (Å²) < 4.78 is 5.63. The largest absolute Gasteiger partial charge is 0.490 e. The summed E-state index contributed by atoms with van der Waals surface area (Å²) in [5.41, 5.74) is 2.32. The van der Waals surface area contributed by atoms with Crippen molar-refractivity contribution in [2.75, 3.05) is 18.1 Å². The highest BCUT2D eigenvalue weighted by molar-refractivity contribution is 6.03. The standard InChI is InChI=1S/C21H24N2O3/c1-14(2)19(22-20(24)16-8-6-7-15(3)13-16)21(25)23-11-12-26-18-10-5-4-9-17(18)23/h4-10,13-14,19H,11-12H2,1-3H3,(H,22,24)/t19-/m1/s1. The molecule has 0 saturated heterocycles. The van der Waals surface area contributed by atoms with Crippen LogP contribution in [0.15, 0.2) is 48.5 Å². The summed E-state index contributed by atoms with van der Waals surface area (Å²) >= 11 is 0. The molecule has 2 aromatic carbocycles. The second-order valence-electron chi connectivity index (χ2n) is 6.87. The minimum Gasteiger partial charge on any atom is -0.490 e. The number of benzene rings is 2. The van der Waals surface area contributed by atoms with E-state index in [4.69, 9.17) is 4.74 Å². The number of nitrogens with one attached hydrogen (secondary N) is 1. The average Bonchev–Trinajstić information content (AvgIpc) is 2.64. The van der Waals surface area contributed by atoms with Crippen LogP contribution in [0.2, 0.25) is 0 Å². The Morgan fingerprint density at radius 3 is 2.62 bits per heavy atom. The van der Waals surface area contributed by atoms with E-state index in [9.17, 15) is 9.59 Å². The number of nitrogens with zero attached hydrogens (tertiary/aromatic N) is 1. The van der Waals surface area contributed by atoms with E-state index >= 15 is 0 Å². The van der Waals surface area contributed by atoms with E-state index in [1.165, 1.54) is 0 Å². The van der Waals surface area contributed by atoms with Crippen LogP contribution in [0.5, 0.6) is 5.75 Å². The zero-order valence-electron chi connectivity index (χ0n) is 15.4. The van der Waals surface area contributed by atoms with Gasteiger partial charge in [-0.3, -0.25) is 9.59 Å². The van der Waals surface area contributed by atoms with E-state index in [1.54, 1.807) is 11.0 Å². The highest BCUT2D eigenvalue weighted by atomic mass is 16.5. The van der Waals surface area contributed by atoms with Gasteiger partial charge in [-0.25, -0.2) is 0 Å². The Balaban J connectivity index is 1.82. The molecule has 136 valence electrons. The molecule has 0 fully saturated rings. The van der Waals surface area contributed by atoms with Crippen molar-refractivity contribution >= 4 is 17.5 Å². The maximum absolute atomic E-state index is 13.2. The Morgan fingerprint density at radius 1 is 1.12 bits per heavy atom. The molecule has 0 bridgehead atoms. The van der Waals surface area contributed by atoms with Crippen molar-refractivity contribution in [3.8, 4) is 5.75 Å². The van der Waals surface area contributed by atoms with Crippen molar-refractivity contribution in [2.45, 2.75) is 26.8 Å². The summed E-state index contributed by atoms with van der Waals surface area (Å²) in [7, 11) is 0. The molecule has 1 aliphatic heterocycles. The van der Waals surface area contributed by atoms with Crippen LogP contribution in [-0.4, -0.2) is 31.0 Å². The van der Waals surface area contributed by atoms with E-state index in [2.05, 4.69) is 5.32 Å². The molecule has 0 radical (unpaired) electrons. The molecular formula is C21H24N2O3. The number of fused-ring (bicyclic) bond motifs is 1. The summed E-state index contributed by atoms with van der Waals surface area (Å²) in [6.07, 6.45) is 0. The maximum Gasteiger partial charge on any atom is 0.251 e. The number of para-hydroxylation sites is 2. The number of hydrogen-bond acceptors (Lipinski definition) is 3. The van der Waals surface area contributed by atoms with Crippen LogP contribution in [0.4, 0.5) is 5.69 Å². The summed E-state index contributed by atoms with van der Waals surface area (Å²) in [5.74, 6) is 0.310.